The first-order valence-electron chi connectivity index (χ1n) is 10.5. The Morgan fingerprint density at radius 1 is 1.06 bits per heavy atom. The standard InChI is InChI=1S/C25H24ClN5O2/c1-15(32)25(2,3)16-7-9-17(10-8-16)28-23-18-11-12-20(22-19(26)6-5-13-27-22)29-24(18)31-21(30-23)14-33-4/h5-13H,14H2,1-4H3,(H,28,29,30,31). The van der Waals surface area contributed by atoms with E-state index >= 15 is 0 Å². The second-order valence-corrected chi connectivity index (χ2v) is 8.61. The number of methoxy groups -OCH3 is 1. The average Bonchev–Trinajstić information content (AvgIpc) is 2.79. The number of aromatic nitrogens is 4. The van der Waals surface area contributed by atoms with Crippen molar-refractivity contribution >= 4 is 39.9 Å². The Balaban J connectivity index is 1.74. The van der Waals surface area contributed by atoms with Crippen LogP contribution in [0, 0.1) is 0 Å². The fourth-order valence-electron chi connectivity index (χ4n) is 3.36. The topological polar surface area (TPSA) is 89.9 Å². The predicted octanol–water partition coefficient (Wildman–Crippen LogP) is 5.50. The van der Waals surface area contributed by atoms with Gasteiger partial charge in [-0.25, -0.2) is 15.0 Å². The monoisotopic (exact) mass is 461 g/mol. The smallest absolute Gasteiger partial charge is 0.165 e. The van der Waals surface area contributed by atoms with Crippen molar-refractivity contribution in [3.05, 3.63) is 71.1 Å². The van der Waals surface area contributed by atoms with E-state index in [-0.39, 0.29) is 12.4 Å². The highest BCUT2D eigenvalue weighted by atomic mass is 35.5. The van der Waals surface area contributed by atoms with Crippen LogP contribution in [0.3, 0.4) is 0 Å². The highest BCUT2D eigenvalue weighted by Crippen LogP contribution is 2.30. The van der Waals surface area contributed by atoms with Gasteiger partial charge < -0.3 is 10.1 Å². The molecule has 4 aromatic rings. The van der Waals surface area contributed by atoms with Crippen LogP contribution in [-0.2, 0) is 21.6 Å². The predicted molar refractivity (Wildman–Crippen MR) is 130 cm³/mol. The molecular weight excluding hydrogens is 438 g/mol. The molecule has 0 fully saturated rings. The number of carbonyl (C=O) groups excluding carboxylic acids is 1. The van der Waals surface area contributed by atoms with Gasteiger partial charge in [-0.3, -0.25) is 9.78 Å². The van der Waals surface area contributed by atoms with Crippen LogP contribution in [-0.4, -0.2) is 32.8 Å². The summed E-state index contributed by atoms with van der Waals surface area (Å²) >= 11 is 6.31. The molecule has 33 heavy (non-hydrogen) atoms. The highest BCUT2D eigenvalue weighted by molar-refractivity contribution is 6.32. The molecule has 168 valence electrons. The van der Waals surface area contributed by atoms with Crippen molar-refractivity contribution in [2.24, 2.45) is 0 Å². The van der Waals surface area contributed by atoms with Crippen molar-refractivity contribution in [3.63, 3.8) is 0 Å². The summed E-state index contributed by atoms with van der Waals surface area (Å²) in [7, 11) is 1.59. The van der Waals surface area contributed by atoms with Gasteiger partial charge in [-0.1, -0.05) is 23.7 Å². The molecule has 0 amide bonds. The van der Waals surface area contributed by atoms with Crippen LogP contribution >= 0.6 is 11.6 Å². The maximum Gasteiger partial charge on any atom is 0.165 e. The molecule has 0 unspecified atom stereocenters. The van der Waals surface area contributed by atoms with E-state index in [4.69, 9.17) is 16.3 Å². The second-order valence-electron chi connectivity index (χ2n) is 8.21. The first-order chi connectivity index (χ1) is 15.8. The summed E-state index contributed by atoms with van der Waals surface area (Å²) in [5.74, 6) is 1.22. The molecule has 1 aromatic carbocycles. The SMILES string of the molecule is COCc1nc(Nc2ccc(C(C)(C)C(C)=O)cc2)c2ccc(-c3ncccc3Cl)nc2n1. The van der Waals surface area contributed by atoms with Gasteiger partial charge >= 0.3 is 0 Å². The molecule has 4 rings (SSSR count). The number of fused-ring (bicyclic) bond motifs is 1. The van der Waals surface area contributed by atoms with Crippen molar-refractivity contribution in [1.29, 1.82) is 0 Å². The van der Waals surface area contributed by atoms with Gasteiger partial charge in [0.25, 0.3) is 0 Å². The van der Waals surface area contributed by atoms with Crippen molar-refractivity contribution in [2.75, 3.05) is 12.4 Å². The number of hydrogen-bond donors (Lipinski definition) is 1. The average molecular weight is 462 g/mol. The summed E-state index contributed by atoms with van der Waals surface area (Å²) < 4.78 is 5.25. The molecule has 8 heteroatoms. The molecule has 1 N–H and O–H groups in total. The number of carbonyl (C=O) groups is 1. The van der Waals surface area contributed by atoms with E-state index in [1.165, 1.54) is 0 Å². The minimum atomic E-state index is -0.543. The normalized spacial score (nSPS) is 11.5. The van der Waals surface area contributed by atoms with E-state index in [1.807, 2.05) is 50.2 Å². The maximum absolute atomic E-state index is 12.0. The van der Waals surface area contributed by atoms with Crippen LogP contribution in [0.25, 0.3) is 22.4 Å². The molecule has 0 aliphatic carbocycles. The van der Waals surface area contributed by atoms with Gasteiger partial charge in [-0.2, -0.15) is 0 Å². The third-order valence-electron chi connectivity index (χ3n) is 5.63. The van der Waals surface area contributed by atoms with Gasteiger partial charge in [0, 0.05) is 24.4 Å². The van der Waals surface area contributed by atoms with Gasteiger partial charge in [0.15, 0.2) is 11.5 Å². The van der Waals surface area contributed by atoms with Gasteiger partial charge in [0.05, 0.1) is 16.1 Å². The van der Waals surface area contributed by atoms with Gasteiger partial charge in [0.1, 0.15) is 23.9 Å². The number of anilines is 2. The summed E-state index contributed by atoms with van der Waals surface area (Å²) in [6.07, 6.45) is 1.67. The number of ether oxygens (including phenoxy) is 1. The summed E-state index contributed by atoms with van der Waals surface area (Å²) in [6.45, 7) is 5.69. The quantitative estimate of drug-likeness (QED) is 0.388. The molecule has 0 saturated carbocycles. The highest BCUT2D eigenvalue weighted by Gasteiger charge is 2.25. The zero-order valence-corrected chi connectivity index (χ0v) is 19.6. The van der Waals surface area contributed by atoms with Gasteiger partial charge in [-0.15, -0.1) is 0 Å². The number of hydrogen-bond acceptors (Lipinski definition) is 7. The Morgan fingerprint density at radius 2 is 1.82 bits per heavy atom. The van der Waals surface area contributed by atoms with Crippen LogP contribution in [0.5, 0.6) is 0 Å². The lowest BCUT2D eigenvalue weighted by Gasteiger charge is -2.22. The molecule has 3 aromatic heterocycles. The summed E-state index contributed by atoms with van der Waals surface area (Å²) in [4.78, 5) is 30.2. The molecule has 0 atom stereocenters. The number of rotatable bonds is 7. The minimum absolute atomic E-state index is 0.115. The Labute approximate surface area is 197 Å². The lowest BCUT2D eigenvalue weighted by atomic mass is 9.81. The second kappa shape index (κ2) is 9.21. The number of nitrogens with zero attached hydrogens (tertiary/aromatic N) is 4. The Hall–Kier alpha value is -3.42. The Morgan fingerprint density at radius 3 is 2.48 bits per heavy atom. The summed E-state index contributed by atoms with van der Waals surface area (Å²) in [5, 5.41) is 4.62. The van der Waals surface area contributed by atoms with Crippen LogP contribution < -0.4 is 5.32 Å². The van der Waals surface area contributed by atoms with Crippen molar-refractivity contribution in [2.45, 2.75) is 32.8 Å². The maximum atomic E-state index is 12.0. The van der Waals surface area contributed by atoms with E-state index in [1.54, 1.807) is 32.4 Å². The molecule has 0 bridgehead atoms. The van der Waals surface area contributed by atoms with E-state index in [9.17, 15) is 4.79 Å². The zero-order valence-electron chi connectivity index (χ0n) is 18.9. The minimum Gasteiger partial charge on any atom is -0.377 e. The first-order valence-corrected chi connectivity index (χ1v) is 10.8. The number of Topliss-reactive ketones (excluding diaryl/α,β-unsaturated/α-hetero) is 1. The Bertz CT molecular complexity index is 1320. The zero-order chi connectivity index (χ0) is 23.6. The molecule has 0 aliphatic rings. The van der Waals surface area contributed by atoms with Crippen molar-refractivity contribution in [1.82, 2.24) is 19.9 Å². The lowest BCUT2D eigenvalue weighted by Crippen LogP contribution is -2.26. The van der Waals surface area contributed by atoms with Crippen LogP contribution in [0.15, 0.2) is 54.7 Å². The number of pyridine rings is 2. The van der Waals surface area contributed by atoms with Gasteiger partial charge in [0.2, 0.25) is 0 Å². The molecule has 0 aliphatic heterocycles. The Kier molecular flexibility index (Phi) is 6.35. The molecule has 0 spiro atoms. The van der Waals surface area contributed by atoms with E-state index in [0.29, 0.717) is 33.7 Å². The summed E-state index contributed by atoms with van der Waals surface area (Å²) in [6, 6.07) is 15.0. The molecule has 3 heterocycles. The number of nitrogens with one attached hydrogen (secondary N) is 1. The first kappa shape index (κ1) is 22.8. The molecule has 0 saturated heterocycles. The van der Waals surface area contributed by atoms with E-state index in [0.717, 1.165) is 16.6 Å². The molecule has 7 nitrogen and oxygen atoms in total. The van der Waals surface area contributed by atoms with Crippen LogP contribution in [0.4, 0.5) is 11.5 Å². The third kappa shape index (κ3) is 4.69. The van der Waals surface area contributed by atoms with Gasteiger partial charge in [-0.05, 0) is 62.7 Å². The molecule has 0 radical (unpaired) electrons. The fourth-order valence-corrected chi connectivity index (χ4v) is 3.58. The van der Waals surface area contributed by atoms with E-state index < -0.39 is 5.41 Å². The molecular formula is C25H24ClN5O2. The summed E-state index contributed by atoms with van der Waals surface area (Å²) in [5.41, 5.74) is 2.96. The third-order valence-corrected chi connectivity index (χ3v) is 5.94. The van der Waals surface area contributed by atoms with E-state index in [2.05, 4.69) is 25.3 Å². The lowest BCUT2D eigenvalue weighted by molar-refractivity contribution is -0.121. The number of halogens is 1. The largest absolute Gasteiger partial charge is 0.377 e. The van der Waals surface area contributed by atoms with Crippen LogP contribution in [0.1, 0.15) is 32.2 Å². The number of ketones is 1. The number of benzene rings is 1. The van der Waals surface area contributed by atoms with Crippen LogP contribution in [0.2, 0.25) is 5.02 Å². The van der Waals surface area contributed by atoms with Crippen molar-refractivity contribution < 1.29 is 9.53 Å². The fraction of sp³-hybridized carbons (Fsp3) is 0.240. The van der Waals surface area contributed by atoms with Crippen molar-refractivity contribution in [3.8, 4) is 11.4 Å².